The Morgan fingerprint density at radius 3 is 3.00 bits per heavy atom. The van der Waals surface area contributed by atoms with Crippen LogP contribution in [0.5, 0.6) is 0 Å². The fourth-order valence-electron chi connectivity index (χ4n) is 3.37. The van der Waals surface area contributed by atoms with Gasteiger partial charge in [0.2, 0.25) is 0 Å². The number of anilines is 2. The Balaban J connectivity index is 1.99. The molecule has 0 spiro atoms. The molecule has 19 heavy (non-hydrogen) atoms. The number of rotatable bonds is 2. The first-order valence-corrected chi connectivity index (χ1v) is 7.17. The molecule has 2 fully saturated rings. The molecule has 1 saturated carbocycles. The number of fused-ring (bicyclic) bond motifs is 1. The summed E-state index contributed by atoms with van der Waals surface area (Å²) in [6.07, 6.45) is 5.54. The number of nitrogen functional groups attached to an aromatic ring is 1. The Bertz CT molecular complexity index is 463. The van der Waals surface area contributed by atoms with E-state index in [-0.39, 0.29) is 0 Å². The topological polar surface area (TPSA) is 64.3 Å². The van der Waals surface area contributed by atoms with Crippen LogP contribution in [0.2, 0.25) is 0 Å². The van der Waals surface area contributed by atoms with Crippen LogP contribution in [0.4, 0.5) is 11.6 Å². The fraction of sp³-hybridized carbons (Fsp3) is 0.714. The second-order valence-electron chi connectivity index (χ2n) is 5.75. The molecule has 1 aromatic rings. The molecule has 5 heteroatoms. The fourth-order valence-corrected chi connectivity index (χ4v) is 3.37. The van der Waals surface area contributed by atoms with Crippen LogP contribution in [0.3, 0.4) is 0 Å². The average molecular weight is 262 g/mol. The standard InChI is InChI=1S/C14H22N4O/c1-9(2)12-13(15)16-8-17-14(12)18-6-7-19-11-5-3-4-10(11)18/h8-11H,3-7H2,1-2H3,(H2,15,16,17). The van der Waals surface area contributed by atoms with Gasteiger partial charge in [-0.15, -0.1) is 0 Å². The molecule has 5 nitrogen and oxygen atoms in total. The molecule has 2 unspecified atom stereocenters. The highest BCUT2D eigenvalue weighted by Crippen LogP contribution is 2.36. The maximum Gasteiger partial charge on any atom is 0.137 e. The van der Waals surface area contributed by atoms with Gasteiger partial charge in [0, 0.05) is 12.1 Å². The molecule has 3 rings (SSSR count). The van der Waals surface area contributed by atoms with Crippen LogP contribution in [0, 0.1) is 0 Å². The lowest BCUT2D eigenvalue weighted by atomic mass is 10.0. The van der Waals surface area contributed by atoms with Gasteiger partial charge in [0.1, 0.15) is 18.0 Å². The SMILES string of the molecule is CC(C)c1c(N)ncnc1N1CCOC2CCCC21. The molecule has 0 radical (unpaired) electrons. The zero-order chi connectivity index (χ0) is 13.4. The molecule has 2 heterocycles. The zero-order valence-corrected chi connectivity index (χ0v) is 11.7. The number of hydrogen-bond donors (Lipinski definition) is 1. The number of nitrogens with two attached hydrogens (primary N) is 1. The van der Waals surface area contributed by atoms with E-state index < -0.39 is 0 Å². The van der Waals surface area contributed by atoms with Gasteiger partial charge < -0.3 is 15.4 Å². The van der Waals surface area contributed by atoms with Crippen molar-refractivity contribution in [1.82, 2.24) is 9.97 Å². The Morgan fingerprint density at radius 1 is 1.37 bits per heavy atom. The maximum absolute atomic E-state index is 6.06. The number of aromatic nitrogens is 2. The second kappa shape index (κ2) is 4.96. The molecule has 2 N–H and O–H groups in total. The van der Waals surface area contributed by atoms with Crippen molar-refractivity contribution in [3.63, 3.8) is 0 Å². The second-order valence-corrected chi connectivity index (χ2v) is 5.75. The molecule has 0 bridgehead atoms. The van der Waals surface area contributed by atoms with E-state index in [0.29, 0.717) is 23.9 Å². The van der Waals surface area contributed by atoms with Crippen molar-refractivity contribution in [2.75, 3.05) is 23.8 Å². The van der Waals surface area contributed by atoms with E-state index in [9.17, 15) is 0 Å². The van der Waals surface area contributed by atoms with Crippen molar-refractivity contribution < 1.29 is 4.74 Å². The zero-order valence-electron chi connectivity index (χ0n) is 11.7. The van der Waals surface area contributed by atoms with Crippen molar-refractivity contribution in [1.29, 1.82) is 0 Å². The minimum Gasteiger partial charge on any atom is -0.383 e. The predicted molar refractivity (Wildman–Crippen MR) is 75.3 cm³/mol. The van der Waals surface area contributed by atoms with Gasteiger partial charge >= 0.3 is 0 Å². The first kappa shape index (κ1) is 12.7. The molecule has 1 aliphatic carbocycles. The van der Waals surface area contributed by atoms with E-state index in [2.05, 4.69) is 28.7 Å². The van der Waals surface area contributed by atoms with Gasteiger partial charge in [-0.05, 0) is 25.2 Å². The van der Waals surface area contributed by atoms with Crippen molar-refractivity contribution in [2.24, 2.45) is 0 Å². The summed E-state index contributed by atoms with van der Waals surface area (Å²) in [6, 6.07) is 0.459. The average Bonchev–Trinajstić information content (AvgIpc) is 2.85. The normalized spacial score (nSPS) is 26.8. The minimum absolute atomic E-state index is 0.332. The van der Waals surface area contributed by atoms with Gasteiger partial charge in [-0.2, -0.15) is 0 Å². The quantitative estimate of drug-likeness (QED) is 0.882. The number of hydrogen-bond acceptors (Lipinski definition) is 5. The maximum atomic E-state index is 6.06. The summed E-state index contributed by atoms with van der Waals surface area (Å²) in [4.78, 5) is 11.1. The third-order valence-electron chi connectivity index (χ3n) is 4.23. The van der Waals surface area contributed by atoms with Gasteiger partial charge in [-0.25, -0.2) is 9.97 Å². The van der Waals surface area contributed by atoms with Crippen LogP contribution < -0.4 is 10.6 Å². The van der Waals surface area contributed by atoms with Gasteiger partial charge in [0.05, 0.1) is 18.8 Å². The van der Waals surface area contributed by atoms with Gasteiger partial charge in [-0.1, -0.05) is 13.8 Å². The molecular weight excluding hydrogens is 240 g/mol. The molecule has 1 aromatic heterocycles. The summed E-state index contributed by atoms with van der Waals surface area (Å²) in [7, 11) is 0. The lowest BCUT2D eigenvalue weighted by Gasteiger charge is -2.39. The lowest BCUT2D eigenvalue weighted by Crippen LogP contribution is -2.49. The van der Waals surface area contributed by atoms with Gasteiger partial charge in [-0.3, -0.25) is 0 Å². The third-order valence-corrected chi connectivity index (χ3v) is 4.23. The lowest BCUT2D eigenvalue weighted by molar-refractivity contribution is 0.0252. The molecule has 0 amide bonds. The Hall–Kier alpha value is -1.36. The van der Waals surface area contributed by atoms with E-state index in [0.717, 1.165) is 24.5 Å². The Morgan fingerprint density at radius 2 is 2.21 bits per heavy atom. The molecular formula is C14H22N4O. The summed E-state index contributed by atoms with van der Waals surface area (Å²) in [5.74, 6) is 1.96. The van der Waals surface area contributed by atoms with Crippen molar-refractivity contribution in [3.05, 3.63) is 11.9 Å². The largest absolute Gasteiger partial charge is 0.383 e. The Labute approximate surface area is 114 Å². The van der Waals surface area contributed by atoms with E-state index in [1.807, 2.05) is 0 Å². The van der Waals surface area contributed by atoms with Crippen molar-refractivity contribution >= 4 is 11.6 Å². The van der Waals surface area contributed by atoms with Crippen LogP contribution in [-0.4, -0.2) is 35.3 Å². The monoisotopic (exact) mass is 262 g/mol. The molecule has 2 atom stereocenters. The highest BCUT2D eigenvalue weighted by Gasteiger charge is 2.37. The van der Waals surface area contributed by atoms with E-state index in [4.69, 9.17) is 10.5 Å². The summed E-state index contributed by atoms with van der Waals surface area (Å²) in [6.45, 7) is 5.97. The molecule has 2 aliphatic rings. The van der Waals surface area contributed by atoms with Crippen LogP contribution in [-0.2, 0) is 4.74 Å². The number of nitrogens with zero attached hydrogens (tertiary/aromatic N) is 3. The Kier molecular flexibility index (Phi) is 3.31. The molecule has 1 saturated heterocycles. The summed E-state index contributed by atoms with van der Waals surface area (Å²) in [5, 5.41) is 0. The summed E-state index contributed by atoms with van der Waals surface area (Å²) >= 11 is 0. The molecule has 104 valence electrons. The van der Waals surface area contributed by atoms with Crippen LogP contribution in [0.15, 0.2) is 6.33 Å². The number of ether oxygens (including phenoxy) is 1. The number of morpholine rings is 1. The van der Waals surface area contributed by atoms with Crippen molar-refractivity contribution in [3.8, 4) is 0 Å². The predicted octanol–water partition coefficient (Wildman–Crippen LogP) is 1.94. The van der Waals surface area contributed by atoms with E-state index in [1.54, 1.807) is 6.33 Å². The van der Waals surface area contributed by atoms with Gasteiger partial charge in [0.15, 0.2) is 0 Å². The van der Waals surface area contributed by atoms with Crippen LogP contribution >= 0.6 is 0 Å². The van der Waals surface area contributed by atoms with Crippen molar-refractivity contribution in [2.45, 2.75) is 51.2 Å². The summed E-state index contributed by atoms with van der Waals surface area (Å²) < 4.78 is 5.87. The van der Waals surface area contributed by atoms with E-state index in [1.165, 1.54) is 19.3 Å². The molecule has 0 aromatic carbocycles. The highest BCUT2D eigenvalue weighted by atomic mass is 16.5. The highest BCUT2D eigenvalue weighted by molar-refractivity contribution is 5.59. The summed E-state index contributed by atoms with van der Waals surface area (Å²) in [5.41, 5.74) is 7.14. The van der Waals surface area contributed by atoms with Gasteiger partial charge in [0.25, 0.3) is 0 Å². The van der Waals surface area contributed by atoms with E-state index >= 15 is 0 Å². The smallest absolute Gasteiger partial charge is 0.137 e. The molecule has 1 aliphatic heterocycles. The first-order chi connectivity index (χ1) is 9.18. The minimum atomic E-state index is 0.332. The van der Waals surface area contributed by atoms with Crippen LogP contribution in [0.25, 0.3) is 0 Å². The third kappa shape index (κ3) is 2.16. The van der Waals surface area contributed by atoms with Crippen LogP contribution in [0.1, 0.15) is 44.6 Å². The first-order valence-electron chi connectivity index (χ1n) is 7.17.